The van der Waals surface area contributed by atoms with Crippen LogP contribution in [0.2, 0.25) is 0 Å². The first-order valence-corrected chi connectivity index (χ1v) is 5.83. The summed E-state index contributed by atoms with van der Waals surface area (Å²) in [5.74, 6) is 1.10. The van der Waals surface area contributed by atoms with Crippen molar-refractivity contribution in [1.82, 2.24) is 9.55 Å². The quantitative estimate of drug-likeness (QED) is 0.722. The molecular weight excluding hydrogens is 208 g/mol. The number of hydrogen-bond acceptors (Lipinski definition) is 1. The molecule has 2 nitrogen and oxygen atoms in total. The Morgan fingerprint density at radius 3 is 2.76 bits per heavy atom. The monoisotopic (exact) mass is 222 g/mol. The van der Waals surface area contributed by atoms with Crippen molar-refractivity contribution in [3.05, 3.63) is 60.1 Å². The van der Waals surface area contributed by atoms with E-state index in [0.717, 1.165) is 17.9 Å². The zero-order chi connectivity index (χ0) is 11.7. The van der Waals surface area contributed by atoms with E-state index in [1.807, 2.05) is 6.07 Å². The van der Waals surface area contributed by atoms with E-state index < -0.39 is 0 Å². The van der Waals surface area contributed by atoms with Crippen molar-refractivity contribution in [3.8, 4) is 11.3 Å². The molecule has 0 bridgehead atoms. The smallest absolute Gasteiger partial charge is 0.117 e. The van der Waals surface area contributed by atoms with Gasteiger partial charge in [0.2, 0.25) is 0 Å². The number of aromatic nitrogens is 2. The van der Waals surface area contributed by atoms with E-state index in [2.05, 4.69) is 60.2 Å². The van der Waals surface area contributed by atoms with Crippen molar-refractivity contribution < 1.29 is 0 Å². The summed E-state index contributed by atoms with van der Waals surface area (Å²) >= 11 is 0. The first kappa shape index (κ1) is 10.1. The Balaban J connectivity index is 2.15. The highest BCUT2D eigenvalue weighted by Crippen LogP contribution is 2.24. The van der Waals surface area contributed by atoms with Crippen molar-refractivity contribution in [3.63, 3.8) is 0 Å². The summed E-state index contributed by atoms with van der Waals surface area (Å²) in [6.45, 7) is 2.12. The molecule has 2 aromatic rings. The van der Waals surface area contributed by atoms with Gasteiger partial charge in [0.1, 0.15) is 5.82 Å². The van der Waals surface area contributed by atoms with Gasteiger partial charge in [-0.1, -0.05) is 42.5 Å². The highest BCUT2D eigenvalue weighted by molar-refractivity contribution is 5.63. The average molecular weight is 222 g/mol. The predicted molar refractivity (Wildman–Crippen MR) is 70.6 cm³/mol. The molecule has 0 N–H and O–H groups in total. The molecule has 3 rings (SSSR count). The van der Waals surface area contributed by atoms with Crippen LogP contribution in [0.15, 0.2) is 48.6 Å². The van der Waals surface area contributed by atoms with E-state index in [4.69, 9.17) is 4.98 Å². The van der Waals surface area contributed by atoms with Crippen molar-refractivity contribution in [1.29, 1.82) is 0 Å². The summed E-state index contributed by atoms with van der Waals surface area (Å²) in [6, 6.07) is 10.3. The average Bonchev–Trinajstić information content (AvgIpc) is 2.56. The second-order valence-electron chi connectivity index (χ2n) is 4.17. The summed E-state index contributed by atoms with van der Waals surface area (Å²) in [4.78, 5) is 4.74. The van der Waals surface area contributed by atoms with Gasteiger partial charge in [-0.05, 0) is 13.0 Å². The van der Waals surface area contributed by atoms with Gasteiger partial charge < -0.3 is 4.57 Å². The predicted octanol–water partition coefficient (Wildman–Crippen LogP) is 3.44. The fraction of sp³-hybridized carbons (Fsp3) is 0.133. The highest BCUT2D eigenvalue weighted by Gasteiger charge is 2.13. The van der Waals surface area contributed by atoms with Gasteiger partial charge in [-0.3, -0.25) is 0 Å². The fourth-order valence-electron chi connectivity index (χ4n) is 2.17. The van der Waals surface area contributed by atoms with Gasteiger partial charge in [-0.15, -0.1) is 0 Å². The topological polar surface area (TPSA) is 17.8 Å². The van der Waals surface area contributed by atoms with Crippen LogP contribution in [0.4, 0.5) is 0 Å². The van der Waals surface area contributed by atoms with Crippen LogP contribution in [-0.4, -0.2) is 9.55 Å². The van der Waals surface area contributed by atoms with Crippen LogP contribution in [-0.2, 0) is 6.42 Å². The van der Waals surface area contributed by atoms with E-state index in [0.29, 0.717) is 0 Å². The van der Waals surface area contributed by atoms with Crippen molar-refractivity contribution in [2.24, 2.45) is 0 Å². The number of nitrogens with zero attached hydrogens (tertiary/aromatic N) is 2. The normalized spacial score (nSPS) is 13.5. The number of imidazole rings is 1. The Hall–Kier alpha value is -2.09. The Labute approximate surface area is 101 Å². The second kappa shape index (κ2) is 4.06. The molecule has 17 heavy (non-hydrogen) atoms. The van der Waals surface area contributed by atoms with Crippen molar-refractivity contribution in [2.75, 3.05) is 0 Å². The second-order valence-corrected chi connectivity index (χ2v) is 4.17. The van der Waals surface area contributed by atoms with Crippen LogP contribution in [0, 0.1) is 6.92 Å². The molecule has 2 heteroatoms. The van der Waals surface area contributed by atoms with Crippen LogP contribution in [0.3, 0.4) is 0 Å². The summed E-state index contributed by atoms with van der Waals surface area (Å²) < 4.78 is 2.17. The summed E-state index contributed by atoms with van der Waals surface area (Å²) in [7, 11) is 0. The van der Waals surface area contributed by atoms with Crippen molar-refractivity contribution in [2.45, 2.75) is 13.3 Å². The third-order valence-electron chi connectivity index (χ3n) is 3.05. The van der Waals surface area contributed by atoms with Crippen LogP contribution < -0.4 is 0 Å². The van der Waals surface area contributed by atoms with E-state index in [1.165, 1.54) is 11.3 Å². The molecule has 0 fully saturated rings. The number of allylic oxidation sites excluding steroid dienone is 3. The minimum absolute atomic E-state index is 0.890. The summed E-state index contributed by atoms with van der Waals surface area (Å²) in [5, 5.41) is 0. The minimum Gasteiger partial charge on any atom is -0.307 e. The Bertz CT molecular complexity index is 589. The third kappa shape index (κ3) is 1.72. The number of benzene rings is 1. The first-order valence-electron chi connectivity index (χ1n) is 5.83. The number of rotatable bonds is 1. The molecule has 0 spiro atoms. The Kier molecular flexibility index (Phi) is 2.41. The highest BCUT2D eigenvalue weighted by atomic mass is 15.1. The lowest BCUT2D eigenvalue weighted by Crippen LogP contribution is -1.95. The molecule has 0 saturated heterocycles. The van der Waals surface area contributed by atoms with Crippen LogP contribution in [0.25, 0.3) is 17.5 Å². The summed E-state index contributed by atoms with van der Waals surface area (Å²) in [6.07, 6.45) is 9.22. The molecule has 84 valence electrons. The molecule has 0 aliphatic carbocycles. The molecule has 1 aliphatic rings. The maximum absolute atomic E-state index is 4.74. The van der Waals surface area contributed by atoms with E-state index in [-0.39, 0.29) is 0 Å². The maximum Gasteiger partial charge on any atom is 0.117 e. The van der Waals surface area contributed by atoms with Gasteiger partial charge in [0.05, 0.1) is 5.69 Å². The Morgan fingerprint density at radius 2 is 1.94 bits per heavy atom. The zero-order valence-electron chi connectivity index (χ0n) is 9.80. The van der Waals surface area contributed by atoms with Crippen molar-refractivity contribution >= 4 is 6.20 Å². The van der Waals surface area contributed by atoms with Gasteiger partial charge in [-0.25, -0.2) is 4.98 Å². The third-order valence-corrected chi connectivity index (χ3v) is 3.05. The Morgan fingerprint density at radius 1 is 1.12 bits per heavy atom. The lowest BCUT2D eigenvalue weighted by atomic mass is 10.1. The van der Waals surface area contributed by atoms with Crippen LogP contribution in [0.5, 0.6) is 0 Å². The molecule has 0 saturated carbocycles. The number of hydrogen-bond donors (Lipinski definition) is 0. The lowest BCUT2D eigenvalue weighted by molar-refractivity contribution is 0.952. The van der Waals surface area contributed by atoms with Crippen LogP contribution in [0.1, 0.15) is 11.5 Å². The molecule has 0 unspecified atom stereocenters. The molecule has 1 aromatic carbocycles. The maximum atomic E-state index is 4.74. The SMILES string of the molecule is Cc1c(-c2ccccc2)nc2n1C=CC=CC2. The molecule has 1 aliphatic heterocycles. The fourth-order valence-corrected chi connectivity index (χ4v) is 2.17. The van der Waals surface area contributed by atoms with E-state index in [9.17, 15) is 0 Å². The largest absolute Gasteiger partial charge is 0.307 e. The number of fused-ring (bicyclic) bond motifs is 1. The van der Waals surface area contributed by atoms with Gasteiger partial charge in [0.25, 0.3) is 0 Å². The standard InChI is InChI=1S/C15H14N2/c1-12-15(13-8-4-2-5-9-13)16-14-10-6-3-7-11-17(12)14/h2-9,11H,10H2,1H3. The lowest BCUT2D eigenvalue weighted by Gasteiger charge is -2.01. The molecular formula is C15H14N2. The van der Waals surface area contributed by atoms with Crippen LogP contribution >= 0.6 is 0 Å². The first-order chi connectivity index (χ1) is 8.36. The molecule has 1 aromatic heterocycles. The summed E-state index contributed by atoms with van der Waals surface area (Å²) in [5.41, 5.74) is 3.47. The molecule has 0 amide bonds. The minimum atomic E-state index is 0.890. The zero-order valence-corrected chi connectivity index (χ0v) is 9.80. The molecule has 0 radical (unpaired) electrons. The van der Waals surface area contributed by atoms with Gasteiger partial charge in [0, 0.05) is 23.9 Å². The van der Waals surface area contributed by atoms with E-state index >= 15 is 0 Å². The van der Waals surface area contributed by atoms with Gasteiger partial charge in [-0.2, -0.15) is 0 Å². The van der Waals surface area contributed by atoms with Gasteiger partial charge >= 0.3 is 0 Å². The van der Waals surface area contributed by atoms with E-state index in [1.54, 1.807) is 0 Å². The van der Waals surface area contributed by atoms with Gasteiger partial charge in [0.15, 0.2) is 0 Å². The molecule has 2 heterocycles. The molecule has 0 atom stereocenters.